The molecule has 0 amide bonds. The number of hydrogen-bond acceptors (Lipinski definition) is 4. The average Bonchev–Trinajstić information content (AvgIpc) is 2.34. The SMILES string of the molecule is O=C1C[C@H](C(=O)CO)CO1. The second-order valence-electron chi connectivity index (χ2n) is 2.21. The molecule has 1 N–H and O–H groups in total. The summed E-state index contributed by atoms with van der Waals surface area (Å²) in [5.74, 6) is -1.07. The van der Waals surface area contributed by atoms with Crippen LogP contribution in [0.25, 0.3) is 0 Å². The fourth-order valence-corrected chi connectivity index (χ4v) is 0.848. The van der Waals surface area contributed by atoms with Crippen LogP contribution in [0, 0.1) is 5.92 Å². The van der Waals surface area contributed by atoms with Crippen LogP contribution in [0.2, 0.25) is 0 Å². The Balaban J connectivity index is 2.44. The minimum absolute atomic E-state index is 0.124. The lowest BCUT2D eigenvalue weighted by Gasteiger charge is -1.98. The van der Waals surface area contributed by atoms with E-state index in [4.69, 9.17) is 5.11 Å². The van der Waals surface area contributed by atoms with Crippen LogP contribution in [-0.2, 0) is 14.3 Å². The predicted molar refractivity (Wildman–Crippen MR) is 31.2 cm³/mol. The summed E-state index contributed by atoms with van der Waals surface area (Å²) < 4.78 is 4.52. The molecule has 1 aliphatic rings. The van der Waals surface area contributed by atoms with Crippen LogP contribution in [0.1, 0.15) is 6.42 Å². The van der Waals surface area contributed by atoms with Gasteiger partial charge in [-0.2, -0.15) is 0 Å². The lowest BCUT2D eigenvalue weighted by Crippen LogP contribution is -2.17. The van der Waals surface area contributed by atoms with Crippen LogP contribution in [0.3, 0.4) is 0 Å². The molecule has 4 nitrogen and oxygen atoms in total. The first kappa shape index (κ1) is 7.21. The van der Waals surface area contributed by atoms with Gasteiger partial charge in [-0.1, -0.05) is 0 Å². The minimum atomic E-state index is -0.499. The number of hydrogen-bond donors (Lipinski definition) is 1. The third-order valence-corrected chi connectivity index (χ3v) is 1.47. The van der Waals surface area contributed by atoms with Crippen LogP contribution in [0.5, 0.6) is 0 Å². The van der Waals surface area contributed by atoms with Crippen molar-refractivity contribution < 1.29 is 19.4 Å². The molecule has 1 heterocycles. The van der Waals surface area contributed by atoms with E-state index in [1.54, 1.807) is 0 Å². The maximum atomic E-state index is 10.7. The van der Waals surface area contributed by atoms with Gasteiger partial charge < -0.3 is 9.84 Å². The van der Waals surface area contributed by atoms with Gasteiger partial charge in [0.2, 0.25) is 0 Å². The molecule has 1 aliphatic heterocycles. The summed E-state index contributed by atoms with van der Waals surface area (Å²) >= 11 is 0. The highest BCUT2D eigenvalue weighted by atomic mass is 16.5. The van der Waals surface area contributed by atoms with Gasteiger partial charge in [0.15, 0.2) is 5.78 Å². The first-order valence-corrected chi connectivity index (χ1v) is 3.03. The summed E-state index contributed by atoms with van der Waals surface area (Å²) in [7, 11) is 0. The molecule has 0 spiro atoms. The summed E-state index contributed by atoms with van der Waals surface area (Å²) in [4.78, 5) is 21.1. The van der Waals surface area contributed by atoms with Gasteiger partial charge in [-0.3, -0.25) is 9.59 Å². The first-order valence-electron chi connectivity index (χ1n) is 3.03. The number of rotatable bonds is 2. The fourth-order valence-electron chi connectivity index (χ4n) is 0.848. The van der Waals surface area contributed by atoms with Gasteiger partial charge in [0.1, 0.15) is 13.2 Å². The zero-order valence-electron chi connectivity index (χ0n) is 5.37. The fraction of sp³-hybridized carbons (Fsp3) is 0.667. The van der Waals surface area contributed by atoms with Crippen LogP contribution >= 0.6 is 0 Å². The molecule has 0 bridgehead atoms. The highest BCUT2D eigenvalue weighted by molar-refractivity contribution is 5.88. The monoisotopic (exact) mass is 144 g/mol. The molecule has 0 unspecified atom stereocenters. The van der Waals surface area contributed by atoms with Crippen LogP contribution < -0.4 is 0 Å². The van der Waals surface area contributed by atoms with Crippen molar-refractivity contribution in [2.24, 2.45) is 5.92 Å². The van der Waals surface area contributed by atoms with E-state index in [-0.39, 0.29) is 24.8 Å². The Bertz CT molecular complexity index is 163. The Morgan fingerprint density at radius 1 is 1.80 bits per heavy atom. The Hall–Kier alpha value is -0.900. The maximum absolute atomic E-state index is 10.7. The number of esters is 1. The van der Waals surface area contributed by atoms with E-state index in [9.17, 15) is 9.59 Å². The van der Waals surface area contributed by atoms with Crippen molar-refractivity contribution in [1.29, 1.82) is 0 Å². The number of carbonyl (C=O) groups excluding carboxylic acids is 2. The second-order valence-corrected chi connectivity index (χ2v) is 2.21. The van der Waals surface area contributed by atoms with Crippen molar-refractivity contribution >= 4 is 11.8 Å². The Morgan fingerprint density at radius 2 is 2.50 bits per heavy atom. The van der Waals surface area contributed by atoms with E-state index < -0.39 is 12.5 Å². The average molecular weight is 144 g/mol. The predicted octanol–water partition coefficient (Wildman–Crippen LogP) is -0.889. The summed E-state index contributed by atoms with van der Waals surface area (Å²) in [6.45, 7) is -0.362. The van der Waals surface area contributed by atoms with Crippen molar-refractivity contribution in [2.75, 3.05) is 13.2 Å². The standard InChI is InChI=1S/C6H8O4/c7-2-5(8)4-1-6(9)10-3-4/h4,7H,1-3H2/t4-/m0/s1. The van der Waals surface area contributed by atoms with Gasteiger partial charge in [0.25, 0.3) is 0 Å². The van der Waals surface area contributed by atoms with Crippen LogP contribution in [-0.4, -0.2) is 30.1 Å². The molecule has 4 heteroatoms. The molecule has 0 aromatic carbocycles. The Morgan fingerprint density at radius 3 is 2.90 bits per heavy atom. The molecule has 0 aromatic heterocycles. The highest BCUT2D eigenvalue weighted by Crippen LogP contribution is 2.13. The second kappa shape index (κ2) is 2.79. The van der Waals surface area contributed by atoms with Crippen molar-refractivity contribution in [3.8, 4) is 0 Å². The van der Waals surface area contributed by atoms with Crippen molar-refractivity contribution in [3.63, 3.8) is 0 Å². The summed E-state index contributed by atoms with van der Waals surface area (Å²) in [6, 6.07) is 0. The van der Waals surface area contributed by atoms with Gasteiger partial charge in [-0.15, -0.1) is 0 Å². The summed E-state index contributed by atoms with van der Waals surface area (Å²) in [5, 5.41) is 8.37. The molecule has 1 atom stereocenters. The molecular weight excluding hydrogens is 136 g/mol. The number of Topliss-reactive ketones (excluding diaryl/α,β-unsaturated/α-hetero) is 1. The normalized spacial score (nSPS) is 24.5. The van der Waals surface area contributed by atoms with E-state index in [0.29, 0.717) is 0 Å². The quantitative estimate of drug-likeness (QED) is 0.511. The lowest BCUT2D eigenvalue weighted by molar-refractivity contribution is -0.137. The maximum Gasteiger partial charge on any atom is 0.306 e. The minimum Gasteiger partial charge on any atom is -0.465 e. The number of ether oxygens (including phenoxy) is 1. The lowest BCUT2D eigenvalue weighted by atomic mass is 10.0. The third kappa shape index (κ3) is 1.33. The highest BCUT2D eigenvalue weighted by Gasteiger charge is 2.28. The molecule has 0 radical (unpaired) electrons. The molecule has 0 aliphatic carbocycles. The smallest absolute Gasteiger partial charge is 0.306 e. The Kier molecular flexibility index (Phi) is 2.01. The van der Waals surface area contributed by atoms with E-state index in [2.05, 4.69) is 4.74 Å². The zero-order valence-corrected chi connectivity index (χ0v) is 5.37. The number of aliphatic hydroxyl groups is 1. The molecule has 10 heavy (non-hydrogen) atoms. The van der Waals surface area contributed by atoms with Gasteiger partial charge in [-0.25, -0.2) is 0 Å². The number of cyclic esters (lactones) is 1. The molecule has 1 saturated heterocycles. The molecule has 0 aromatic rings. The van der Waals surface area contributed by atoms with Gasteiger partial charge in [0, 0.05) is 0 Å². The van der Waals surface area contributed by atoms with E-state index in [1.165, 1.54) is 0 Å². The largest absolute Gasteiger partial charge is 0.465 e. The topological polar surface area (TPSA) is 63.6 Å². The van der Waals surface area contributed by atoms with Crippen LogP contribution in [0.15, 0.2) is 0 Å². The van der Waals surface area contributed by atoms with Gasteiger partial charge in [0.05, 0.1) is 12.3 Å². The van der Waals surface area contributed by atoms with Crippen LogP contribution in [0.4, 0.5) is 0 Å². The van der Waals surface area contributed by atoms with Crippen molar-refractivity contribution in [3.05, 3.63) is 0 Å². The van der Waals surface area contributed by atoms with E-state index >= 15 is 0 Å². The molecule has 1 rings (SSSR count). The number of aliphatic hydroxyl groups excluding tert-OH is 1. The van der Waals surface area contributed by atoms with Crippen molar-refractivity contribution in [2.45, 2.75) is 6.42 Å². The van der Waals surface area contributed by atoms with Gasteiger partial charge >= 0.3 is 5.97 Å². The van der Waals surface area contributed by atoms with Gasteiger partial charge in [-0.05, 0) is 0 Å². The zero-order chi connectivity index (χ0) is 7.56. The number of ketones is 1. The first-order chi connectivity index (χ1) is 4.74. The number of carbonyl (C=O) groups is 2. The molecule has 56 valence electrons. The Labute approximate surface area is 57.8 Å². The molecule has 1 fully saturated rings. The van der Waals surface area contributed by atoms with E-state index in [1.807, 2.05) is 0 Å². The molecule has 0 saturated carbocycles. The van der Waals surface area contributed by atoms with Crippen molar-refractivity contribution in [1.82, 2.24) is 0 Å². The third-order valence-electron chi connectivity index (χ3n) is 1.47. The van der Waals surface area contributed by atoms with E-state index in [0.717, 1.165) is 0 Å². The summed E-state index contributed by atoms with van der Waals surface area (Å²) in [5.41, 5.74) is 0. The molecular formula is C6H8O4. The summed E-state index contributed by atoms with van der Waals surface area (Å²) in [6.07, 6.45) is 0.124.